The van der Waals surface area contributed by atoms with Gasteiger partial charge in [-0.15, -0.1) is 0 Å². The fourth-order valence-electron chi connectivity index (χ4n) is 6.03. The average molecular weight is 810 g/mol. The van der Waals surface area contributed by atoms with E-state index in [1.807, 2.05) is 0 Å². The van der Waals surface area contributed by atoms with Gasteiger partial charge >= 0.3 is 13.8 Å². The number of nitrogens with one attached hydrogen (secondary N) is 1. The zero-order chi connectivity index (χ0) is 41.1. The zero-order valence-corrected chi connectivity index (χ0v) is 36.7. The Morgan fingerprint density at radius 3 is 1.46 bits per heavy atom. The van der Waals surface area contributed by atoms with Crippen molar-refractivity contribution < 1.29 is 37.9 Å². The Balaban J connectivity index is 3.61. The molecule has 9 nitrogen and oxygen atoms in total. The number of allylic oxidation sites excluding steroid dienone is 8. The Morgan fingerprint density at radius 2 is 0.964 bits per heavy atom. The molecule has 0 aromatic rings. The third-order valence-electron chi connectivity index (χ3n) is 9.48. The lowest BCUT2D eigenvalue weighted by Crippen LogP contribution is -2.27. The SMILES string of the molecule is CCCCC/C=C\C/C=C\CCCCCCCCCCCC(=O)NCCOP(=O)(O)OCC(O)COC(=O)CCCCCCC/C=C\C/C=C\CCCCCC. The molecule has 3 N–H and O–H groups in total. The summed E-state index contributed by atoms with van der Waals surface area (Å²) in [5.74, 6) is -0.534. The highest BCUT2D eigenvalue weighted by molar-refractivity contribution is 7.47. The minimum atomic E-state index is -4.42. The monoisotopic (exact) mass is 810 g/mol. The van der Waals surface area contributed by atoms with E-state index in [0.717, 1.165) is 70.6 Å². The van der Waals surface area contributed by atoms with E-state index in [1.165, 1.54) is 103 Å². The van der Waals surface area contributed by atoms with Gasteiger partial charge in [0.25, 0.3) is 0 Å². The maximum atomic E-state index is 12.1. The molecule has 56 heavy (non-hydrogen) atoms. The number of hydrogen-bond acceptors (Lipinski definition) is 7. The van der Waals surface area contributed by atoms with Gasteiger partial charge in [0, 0.05) is 19.4 Å². The molecule has 0 aromatic heterocycles. The molecular weight excluding hydrogens is 725 g/mol. The van der Waals surface area contributed by atoms with Gasteiger partial charge in [0.15, 0.2) is 0 Å². The first-order chi connectivity index (χ1) is 27.3. The van der Waals surface area contributed by atoms with Crippen LogP contribution in [0, 0.1) is 0 Å². The van der Waals surface area contributed by atoms with Crippen LogP contribution in [0.25, 0.3) is 0 Å². The van der Waals surface area contributed by atoms with E-state index >= 15 is 0 Å². The number of unbranched alkanes of at least 4 members (excludes halogenated alkanes) is 21. The normalized spacial score (nSPS) is 13.7. The first-order valence-electron chi connectivity index (χ1n) is 22.6. The maximum absolute atomic E-state index is 12.1. The van der Waals surface area contributed by atoms with Gasteiger partial charge in [0.1, 0.15) is 12.7 Å². The van der Waals surface area contributed by atoms with Gasteiger partial charge in [-0.25, -0.2) is 4.57 Å². The number of hydrogen-bond donors (Lipinski definition) is 3. The lowest BCUT2D eigenvalue weighted by atomic mass is 10.1. The minimum absolute atomic E-state index is 0.0765. The van der Waals surface area contributed by atoms with Gasteiger partial charge < -0.3 is 20.1 Å². The summed E-state index contributed by atoms with van der Waals surface area (Å²) >= 11 is 0. The van der Waals surface area contributed by atoms with Crippen molar-refractivity contribution >= 4 is 19.7 Å². The predicted molar refractivity (Wildman–Crippen MR) is 234 cm³/mol. The van der Waals surface area contributed by atoms with E-state index in [9.17, 15) is 24.2 Å². The summed E-state index contributed by atoms with van der Waals surface area (Å²) in [4.78, 5) is 33.9. The van der Waals surface area contributed by atoms with Crippen molar-refractivity contribution in [2.75, 3.05) is 26.4 Å². The van der Waals surface area contributed by atoms with E-state index in [0.29, 0.717) is 6.42 Å². The Morgan fingerprint density at radius 1 is 0.554 bits per heavy atom. The van der Waals surface area contributed by atoms with Gasteiger partial charge in [0.05, 0.1) is 13.2 Å². The first-order valence-corrected chi connectivity index (χ1v) is 24.1. The van der Waals surface area contributed by atoms with Crippen LogP contribution in [0.2, 0.25) is 0 Å². The van der Waals surface area contributed by atoms with Crippen LogP contribution in [-0.2, 0) is 27.9 Å². The van der Waals surface area contributed by atoms with Crippen LogP contribution in [0.1, 0.15) is 200 Å². The van der Waals surface area contributed by atoms with Crippen molar-refractivity contribution in [3.8, 4) is 0 Å². The van der Waals surface area contributed by atoms with E-state index in [4.69, 9.17) is 13.8 Å². The third kappa shape index (κ3) is 43.1. The zero-order valence-electron chi connectivity index (χ0n) is 35.8. The maximum Gasteiger partial charge on any atom is 0.472 e. The second-order valence-corrected chi connectivity index (χ2v) is 16.5. The molecule has 0 aliphatic heterocycles. The summed E-state index contributed by atoms with van der Waals surface area (Å²) in [6.45, 7) is 3.50. The number of aliphatic hydroxyl groups excluding tert-OH is 1. The summed E-state index contributed by atoms with van der Waals surface area (Å²) in [7, 11) is -4.42. The number of phosphoric ester groups is 1. The second-order valence-electron chi connectivity index (χ2n) is 15.0. The van der Waals surface area contributed by atoms with Gasteiger partial charge in [-0.1, -0.05) is 159 Å². The standard InChI is InChI=1S/C46H84NO8P/c1-3-5-7-9-11-13-15-17-19-21-22-23-24-26-28-30-32-34-36-38-45(49)47-40-41-54-56(51,52)55-43-44(48)42-53-46(50)39-37-35-33-31-29-27-25-20-18-16-14-12-10-8-6-4-2/h11,13-14,16-17,19-20,25,44,48H,3-10,12,15,18,21-24,26-43H2,1-2H3,(H,47,49)(H,51,52)/b13-11-,16-14-,19-17-,25-20-. The van der Waals surface area contributed by atoms with Crippen LogP contribution in [0.4, 0.5) is 0 Å². The van der Waals surface area contributed by atoms with Crippen LogP contribution in [0.15, 0.2) is 48.6 Å². The molecule has 2 unspecified atom stereocenters. The minimum Gasteiger partial charge on any atom is -0.463 e. The number of aliphatic hydroxyl groups is 1. The van der Waals surface area contributed by atoms with Crippen molar-refractivity contribution in [3.05, 3.63) is 48.6 Å². The molecule has 0 saturated heterocycles. The molecule has 2 atom stereocenters. The number of rotatable bonds is 42. The summed E-state index contributed by atoms with van der Waals surface area (Å²) < 4.78 is 26.9. The summed E-state index contributed by atoms with van der Waals surface area (Å²) in [6, 6.07) is 0. The van der Waals surface area contributed by atoms with E-state index in [1.54, 1.807) is 0 Å². The largest absolute Gasteiger partial charge is 0.472 e. The molecule has 0 aromatic carbocycles. The molecule has 0 fully saturated rings. The van der Waals surface area contributed by atoms with Crippen LogP contribution >= 0.6 is 7.82 Å². The molecule has 10 heteroatoms. The van der Waals surface area contributed by atoms with Crippen LogP contribution in [0.5, 0.6) is 0 Å². The third-order valence-corrected chi connectivity index (χ3v) is 10.5. The van der Waals surface area contributed by atoms with Gasteiger partial charge in [-0.3, -0.25) is 18.6 Å². The van der Waals surface area contributed by atoms with Crippen LogP contribution in [0.3, 0.4) is 0 Å². The molecule has 0 heterocycles. The average Bonchev–Trinajstić information content (AvgIpc) is 3.18. The number of amides is 1. The number of esters is 1. The molecule has 0 spiro atoms. The molecule has 0 saturated carbocycles. The number of ether oxygens (including phenoxy) is 1. The fourth-order valence-corrected chi connectivity index (χ4v) is 6.79. The Hall–Kier alpha value is -2.03. The second kappa shape index (κ2) is 42.6. The van der Waals surface area contributed by atoms with Crippen molar-refractivity contribution in [1.82, 2.24) is 5.32 Å². The highest BCUT2D eigenvalue weighted by Gasteiger charge is 2.23. The van der Waals surface area contributed by atoms with Gasteiger partial charge in [-0.05, 0) is 77.0 Å². The van der Waals surface area contributed by atoms with Crippen molar-refractivity contribution in [2.45, 2.75) is 206 Å². The lowest BCUT2D eigenvalue weighted by molar-refractivity contribution is -0.147. The molecule has 0 aliphatic carbocycles. The van der Waals surface area contributed by atoms with E-state index in [-0.39, 0.29) is 32.1 Å². The Labute approximate surface area is 343 Å². The lowest BCUT2D eigenvalue weighted by Gasteiger charge is -2.15. The molecular formula is C46H84NO8P. The quantitative estimate of drug-likeness (QED) is 0.0240. The highest BCUT2D eigenvalue weighted by atomic mass is 31.2. The first kappa shape index (κ1) is 54.0. The van der Waals surface area contributed by atoms with Crippen LogP contribution < -0.4 is 5.32 Å². The molecule has 0 rings (SSSR count). The molecule has 1 amide bonds. The van der Waals surface area contributed by atoms with Crippen molar-refractivity contribution in [3.63, 3.8) is 0 Å². The molecule has 326 valence electrons. The number of carbonyl (C=O) groups is 2. The molecule has 0 aliphatic rings. The fraction of sp³-hybridized carbons (Fsp3) is 0.783. The summed E-state index contributed by atoms with van der Waals surface area (Å²) in [5, 5.41) is 12.7. The smallest absolute Gasteiger partial charge is 0.463 e. The number of carbonyl (C=O) groups excluding carboxylic acids is 2. The van der Waals surface area contributed by atoms with Gasteiger partial charge in [0.2, 0.25) is 5.91 Å². The Kier molecular flexibility index (Phi) is 41.0. The topological polar surface area (TPSA) is 131 Å². The predicted octanol–water partition coefficient (Wildman–Crippen LogP) is 12.7. The van der Waals surface area contributed by atoms with E-state index in [2.05, 4.69) is 67.8 Å². The van der Waals surface area contributed by atoms with E-state index < -0.39 is 26.5 Å². The highest BCUT2D eigenvalue weighted by Crippen LogP contribution is 2.42. The molecule has 0 bridgehead atoms. The van der Waals surface area contributed by atoms with Crippen molar-refractivity contribution in [2.24, 2.45) is 0 Å². The Bertz CT molecular complexity index is 1060. The molecule has 0 radical (unpaired) electrons. The van der Waals surface area contributed by atoms with Crippen molar-refractivity contribution in [1.29, 1.82) is 0 Å². The van der Waals surface area contributed by atoms with Crippen LogP contribution in [-0.4, -0.2) is 54.3 Å². The summed E-state index contributed by atoms with van der Waals surface area (Å²) in [6.07, 6.45) is 48.9. The number of phosphoric acid groups is 1. The summed E-state index contributed by atoms with van der Waals surface area (Å²) in [5.41, 5.74) is 0. The van der Waals surface area contributed by atoms with Gasteiger partial charge in [-0.2, -0.15) is 0 Å².